The molecule has 0 saturated heterocycles. The van der Waals surface area contributed by atoms with Crippen molar-refractivity contribution in [3.63, 3.8) is 0 Å². The van der Waals surface area contributed by atoms with Gasteiger partial charge in [-0.1, -0.05) is 91.0 Å². The molecule has 0 heterocycles. The molecule has 11 heteroatoms. The Morgan fingerprint density at radius 2 is 1.43 bits per heavy atom. The van der Waals surface area contributed by atoms with Crippen LogP contribution in [0.1, 0.15) is 16.7 Å². The van der Waals surface area contributed by atoms with E-state index >= 15 is 0 Å². The van der Waals surface area contributed by atoms with Gasteiger partial charge < -0.3 is 20.3 Å². The van der Waals surface area contributed by atoms with Gasteiger partial charge in [0.2, 0.25) is 10.0 Å². The number of carboxylic acid groups (broad SMARTS) is 1. The highest BCUT2D eigenvalue weighted by Gasteiger charge is 2.20. The molecule has 3 aromatic carbocycles. The number of esters is 2. The number of nitrogens with two attached hydrogens (primary N) is 1. The number of benzene rings is 3. The Balaban J connectivity index is 0.000000281. The minimum Gasteiger partial charge on any atom is -0.480 e. The van der Waals surface area contributed by atoms with E-state index in [1.807, 2.05) is 65.4 Å². The Hall–Kier alpha value is -4.32. The molecule has 0 fully saturated rings. The van der Waals surface area contributed by atoms with Crippen LogP contribution in [0.15, 0.2) is 96.6 Å². The van der Waals surface area contributed by atoms with Crippen molar-refractivity contribution in [2.45, 2.75) is 19.1 Å². The standard InChI is InChI=1S/C16H17NO2.C13H15NO6S/c17-15(11-13-7-3-1-4-8-13)16(18)19-12-14-9-5-2-6-10-14;1-20-13(17)11(7-10-5-3-2-4-6-10)9-21(18,19)14-8-12(15)16/h1-10,15H,11-12,17H2;2-7,14H,8-9H2,1H3,(H,15,16). The molecule has 0 aromatic heterocycles. The number of ether oxygens (including phenoxy) is 2. The fourth-order valence-electron chi connectivity index (χ4n) is 3.26. The van der Waals surface area contributed by atoms with Gasteiger partial charge in [-0.3, -0.25) is 9.59 Å². The number of nitrogens with one attached hydrogen (secondary N) is 1. The summed E-state index contributed by atoms with van der Waals surface area (Å²) in [6.07, 6.45) is 1.88. The lowest BCUT2D eigenvalue weighted by Crippen LogP contribution is -2.34. The third-order valence-corrected chi connectivity index (χ3v) is 6.48. The van der Waals surface area contributed by atoms with E-state index < -0.39 is 40.3 Å². The Labute approximate surface area is 233 Å². The van der Waals surface area contributed by atoms with Crippen molar-refractivity contribution in [3.05, 3.63) is 113 Å². The number of rotatable bonds is 12. The van der Waals surface area contributed by atoms with Crippen LogP contribution in [-0.4, -0.2) is 56.9 Å². The third kappa shape index (κ3) is 12.5. The van der Waals surface area contributed by atoms with Crippen LogP contribution in [0.4, 0.5) is 0 Å². The molecule has 0 aliphatic rings. The number of carboxylic acids is 1. The van der Waals surface area contributed by atoms with Crippen LogP contribution in [0.2, 0.25) is 0 Å². The molecule has 0 saturated carbocycles. The Kier molecular flexibility index (Phi) is 13.2. The molecule has 0 amide bonds. The molecule has 0 radical (unpaired) electrons. The molecular formula is C29H32N2O8S. The molecule has 0 bridgehead atoms. The molecule has 4 N–H and O–H groups in total. The zero-order valence-corrected chi connectivity index (χ0v) is 22.8. The molecule has 212 valence electrons. The van der Waals surface area contributed by atoms with Crippen molar-refractivity contribution in [1.29, 1.82) is 0 Å². The van der Waals surface area contributed by atoms with Gasteiger partial charge in [0.15, 0.2) is 0 Å². The second-order valence-corrected chi connectivity index (χ2v) is 10.2. The predicted octanol–water partition coefficient (Wildman–Crippen LogP) is 2.55. The molecule has 1 unspecified atom stereocenters. The van der Waals surface area contributed by atoms with Crippen LogP contribution in [0.25, 0.3) is 6.08 Å². The van der Waals surface area contributed by atoms with Gasteiger partial charge in [-0.15, -0.1) is 0 Å². The summed E-state index contributed by atoms with van der Waals surface area (Å²) in [5, 5.41) is 8.47. The second kappa shape index (κ2) is 16.6. The van der Waals surface area contributed by atoms with Crippen LogP contribution >= 0.6 is 0 Å². The topological polar surface area (TPSA) is 162 Å². The minimum atomic E-state index is -3.95. The van der Waals surface area contributed by atoms with Crippen LogP contribution in [-0.2, 0) is 46.9 Å². The molecule has 40 heavy (non-hydrogen) atoms. The Morgan fingerprint density at radius 1 is 0.900 bits per heavy atom. The van der Waals surface area contributed by atoms with Gasteiger partial charge in [-0.25, -0.2) is 17.9 Å². The molecule has 0 spiro atoms. The van der Waals surface area contributed by atoms with E-state index in [4.69, 9.17) is 15.6 Å². The van der Waals surface area contributed by atoms with E-state index in [0.29, 0.717) is 12.0 Å². The Bertz CT molecular complexity index is 1360. The van der Waals surface area contributed by atoms with Gasteiger partial charge >= 0.3 is 17.9 Å². The summed E-state index contributed by atoms with van der Waals surface area (Å²) in [5.74, 6) is -3.14. The van der Waals surface area contributed by atoms with Crippen LogP contribution in [0, 0.1) is 0 Å². The first-order valence-corrected chi connectivity index (χ1v) is 13.8. The summed E-state index contributed by atoms with van der Waals surface area (Å²) in [7, 11) is -2.81. The summed E-state index contributed by atoms with van der Waals surface area (Å²) in [5.41, 5.74) is 8.37. The SMILES string of the molecule is COC(=O)C(=Cc1ccccc1)CS(=O)(=O)NCC(=O)O.NC(Cc1ccccc1)C(=O)OCc1ccccc1. The van der Waals surface area contributed by atoms with Crippen molar-refractivity contribution < 1.29 is 37.4 Å². The minimum absolute atomic E-state index is 0.0958. The van der Waals surface area contributed by atoms with E-state index in [9.17, 15) is 22.8 Å². The van der Waals surface area contributed by atoms with E-state index in [-0.39, 0.29) is 18.1 Å². The average Bonchev–Trinajstić information content (AvgIpc) is 2.96. The lowest BCUT2D eigenvalue weighted by Gasteiger charge is -2.11. The summed E-state index contributed by atoms with van der Waals surface area (Å²) in [6, 6.07) is 27.3. The summed E-state index contributed by atoms with van der Waals surface area (Å²) < 4.78 is 35.1. The largest absolute Gasteiger partial charge is 0.480 e. The van der Waals surface area contributed by atoms with Crippen molar-refractivity contribution >= 4 is 34.0 Å². The van der Waals surface area contributed by atoms with Gasteiger partial charge in [0.25, 0.3) is 0 Å². The number of sulfonamides is 1. The first kappa shape index (κ1) is 31.9. The third-order valence-electron chi connectivity index (χ3n) is 5.20. The van der Waals surface area contributed by atoms with Crippen LogP contribution in [0.3, 0.4) is 0 Å². The molecule has 0 aliphatic carbocycles. The number of carbonyl (C=O) groups is 3. The van der Waals surface area contributed by atoms with Crippen molar-refractivity contribution in [1.82, 2.24) is 4.72 Å². The number of hydrogen-bond acceptors (Lipinski definition) is 8. The second-order valence-electron chi connectivity index (χ2n) is 8.44. The van der Waals surface area contributed by atoms with Gasteiger partial charge in [-0.2, -0.15) is 0 Å². The monoisotopic (exact) mass is 568 g/mol. The predicted molar refractivity (Wildman–Crippen MR) is 150 cm³/mol. The highest BCUT2D eigenvalue weighted by molar-refractivity contribution is 7.89. The van der Waals surface area contributed by atoms with Crippen LogP contribution in [0.5, 0.6) is 0 Å². The first-order valence-electron chi connectivity index (χ1n) is 12.1. The molecule has 3 rings (SSSR count). The van der Waals surface area contributed by atoms with Gasteiger partial charge in [-0.05, 0) is 29.2 Å². The number of methoxy groups -OCH3 is 1. The molecule has 3 aromatic rings. The van der Waals surface area contributed by atoms with Crippen molar-refractivity contribution in [3.8, 4) is 0 Å². The average molecular weight is 569 g/mol. The molecular weight excluding hydrogens is 536 g/mol. The van der Waals surface area contributed by atoms with E-state index in [1.54, 1.807) is 30.3 Å². The fourth-order valence-corrected chi connectivity index (χ4v) is 4.31. The first-order chi connectivity index (χ1) is 19.1. The maximum atomic E-state index is 11.8. The number of carbonyl (C=O) groups excluding carboxylic acids is 2. The highest BCUT2D eigenvalue weighted by Crippen LogP contribution is 2.10. The Morgan fingerprint density at radius 3 is 1.95 bits per heavy atom. The lowest BCUT2D eigenvalue weighted by molar-refractivity contribution is -0.146. The summed E-state index contributed by atoms with van der Waals surface area (Å²) >= 11 is 0. The smallest absolute Gasteiger partial charge is 0.334 e. The number of aliphatic carboxylic acids is 1. The normalized spacial score (nSPS) is 11.9. The van der Waals surface area contributed by atoms with Crippen molar-refractivity contribution in [2.75, 3.05) is 19.4 Å². The number of hydrogen-bond donors (Lipinski definition) is 3. The maximum absolute atomic E-state index is 11.8. The molecule has 1 atom stereocenters. The highest BCUT2D eigenvalue weighted by atomic mass is 32.2. The van der Waals surface area contributed by atoms with E-state index in [1.165, 1.54) is 6.08 Å². The van der Waals surface area contributed by atoms with Crippen molar-refractivity contribution in [2.24, 2.45) is 5.73 Å². The van der Waals surface area contributed by atoms with Gasteiger partial charge in [0.05, 0.1) is 18.4 Å². The molecule has 0 aliphatic heterocycles. The zero-order chi connectivity index (χ0) is 29.4. The quantitative estimate of drug-likeness (QED) is 0.220. The van der Waals surface area contributed by atoms with E-state index in [2.05, 4.69) is 4.74 Å². The lowest BCUT2D eigenvalue weighted by atomic mass is 10.1. The summed E-state index contributed by atoms with van der Waals surface area (Å²) in [6.45, 7) is -0.482. The zero-order valence-electron chi connectivity index (χ0n) is 21.9. The summed E-state index contributed by atoms with van der Waals surface area (Å²) in [4.78, 5) is 33.8. The maximum Gasteiger partial charge on any atom is 0.334 e. The van der Waals surface area contributed by atoms with Gasteiger partial charge in [0, 0.05) is 0 Å². The van der Waals surface area contributed by atoms with E-state index in [0.717, 1.165) is 18.2 Å². The van der Waals surface area contributed by atoms with Gasteiger partial charge in [0.1, 0.15) is 19.2 Å². The molecule has 10 nitrogen and oxygen atoms in total. The van der Waals surface area contributed by atoms with Crippen LogP contribution < -0.4 is 10.5 Å². The fraction of sp³-hybridized carbons (Fsp3) is 0.207.